The van der Waals surface area contributed by atoms with E-state index >= 15 is 0 Å². The molecule has 156 valence electrons. The summed E-state index contributed by atoms with van der Waals surface area (Å²) < 4.78 is 5.05. The Morgan fingerprint density at radius 1 is 1.00 bits per heavy atom. The van der Waals surface area contributed by atoms with Crippen LogP contribution in [0.2, 0.25) is 0 Å². The summed E-state index contributed by atoms with van der Waals surface area (Å²) in [6.45, 7) is 3.33. The van der Waals surface area contributed by atoms with E-state index in [9.17, 15) is 19.2 Å². The summed E-state index contributed by atoms with van der Waals surface area (Å²) in [7, 11) is 1.49. The normalized spacial score (nSPS) is 14.8. The predicted octanol–water partition coefficient (Wildman–Crippen LogP) is 2.43. The van der Waals surface area contributed by atoms with Crippen LogP contribution in [-0.4, -0.2) is 42.3 Å². The second-order valence-electron chi connectivity index (χ2n) is 6.90. The first-order chi connectivity index (χ1) is 14.3. The fourth-order valence-corrected chi connectivity index (χ4v) is 3.16. The molecule has 1 atom stereocenters. The van der Waals surface area contributed by atoms with Crippen LogP contribution in [0.15, 0.2) is 48.5 Å². The average molecular weight is 409 g/mol. The smallest absolute Gasteiger partial charge is 0.339 e. The first kappa shape index (κ1) is 21.0. The highest BCUT2D eigenvalue weighted by Crippen LogP contribution is 2.24. The van der Waals surface area contributed by atoms with E-state index in [0.717, 1.165) is 16.9 Å². The molecule has 0 radical (unpaired) electrons. The van der Waals surface area contributed by atoms with Gasteiger partial charge >= 0.3 is 17.8 Å². The van der Waals surface area contributed by atoms with Gasteiger partial charge in [-0.2, -0.15) is 0 Å². The first-order valence-electron chi connectivity index (χ1n) is 9.57. The predicted molar refractivity (Wildman–Crippen MR) is 110 cm³/mol. The number of benzene rings is 2. The SMILES string of the molecule is CCc1ccc([C@H](C)NC(=O)CN2C(=O)C(=O)N(c3ccc(OC)cc3)C2=O)cc1. The van der Waals surface area contributed by atoms with E-state index in [1.807, 2.05) is 24.3 Å². The summed E-state index contributed by atoms with van der Waals surface area (Å²) >= 11 is 0. The third-order valence-electron chi connectivity index (χ3n) is 4.95. The Labute approximate surface area is 174 Å². The van der Waals surface area contributed by atoms with E-state index in [2.05, 4.69) is 12.2 Å². The zero-order valence-electron chi connectivity index (χ0n) is 17.0. The standard InChI is InChI=1S/C22H23N3O5/c1-4-15-5-7-16(8-6-15)14(2)23-19(26)13-24-20(27)21(28)25(22(24)29)17-9-11-18(30-3)12-10-17/h5-12,14H,4,13H2,1-3H3,(H,23,26)/t14-/m0/s1. The summed E-state index contributed by atoms with van der Waals surface area (Å²) in [5.41, 5.74) is 2.31. The van der Waals surface area contributed by atoms with Crippen LogP contribution in [0.5, 0.6) is 5.75 Å². The van der Waals surface area contributed by atoms with Crippen molar-refractivity contribution in [2.24, 2.45) is 0 Å². The van der Waals surface area contributed by atoms with Crippen molar-refractivity contribution in [2.45, 2.75) is 26.3 Å². The van der Waals surface area contributed by atoms with Crippen molar-refractivity contribution in [1.82, 2.24) is 10.2 Å². The Bertz CT molecular complexity index is 969. The number of urea groups is 1. The number of hydrogen-bond acceptors (Lipinski definition) is 5. The van der Waals surface area contributed by atoms with Crippen LogP contribution in [0, 0.1) is 0 Å². The summed E-state index contributed by atoms with van der Waals surface area (Å²) in [6, 6.07) is 12.8. The van der Waals surface area contributed by atoms with Crippen molar-refractivity contribution in [1.29, 1.82) is 0 Å². The largest absolute Gasteiger partial charge is 0.497 e. The molecule has 8 nitrogen and oxygen atoms in total. The number of ether oxygens (including phenoxy) is 1. The molecule has 1 saturated heterocycles. The van der Waals surface area contributed by atoms with Crippen molar-refractivity contribution in [3.63, 3.8) is 0 Å². The minimum absolute atomic E-state index is 0.228. The van der Waals surface area contributed by atoms with Gasteiger partial charge in [-0.25, -0.2) is 14.6 Å². The number of amides is 5. The Morgan fingerprint density at radius 3 is 2.20 bits per heavy atom. The molecule has 3 rings (SSSR count). The minimum atomic E-state index is -1.04. The van der Waals surface area contributed by atoms with Crippen LogP contribution in [-0.2, 0) is 20.8 Å². The molecule has 0 bridgehead atoms. The average Bonchev–Trinajstić information content (AvgIpc) is 2.97. The van der Waals surface area contributed by atoms with Gasteiger partial charge in [-0.05, 0) is 48.7 Å². The summed E-state index contributed by atoms with van der Waals surface area (Å²) in [5, 5.41) is 2.75. The maximum absolute atomic E-state index is 12.6. The van der Waals surface area contributed by atoms with E-state index in [-0.39, 0.29) is 11.7 Å². The van der Waals surface area contributed by atoms with Gasteiger partial charge in [-0.15, -0.1) is 0 Å². The van der Waals surface area contributed by atoms with E-state index in [4.69, 9.17) is 4.74 Å². The van der Waals surface area contributed by atoms with E-state index in [1.165, 1.54) is 24.8 Å². The molecule has 0 aromatic heterocycles. The van der Waals surface area contributed by atoms with Crippen molar-refractivity contribution in [2.75, 3.05) is 18.6 Å². The van der Waals surface area contributed by atoms with Crippen molar-refractivity contribution >= 4 is 29.4 Å². The highest BCUT2D eigenvalue weighted by atomic mass is 16.5. The number of aryl methyl sites for hydroxylation is 1. The van der Waals surface area contributed by atoms with Gasteiger partial charge < -0.3 is 10.1 Å². The second-order valence-corrected chi connectivity index (χ2v) is 6.90. The highest BCUT2D eigenvalue weighted by molar-refractivity contribution is 6.53. The molecule has 2 aromatic rings. The molecule has 5 amide bonds. The summed E-state index contributed by atoms with van der Waals surface area (Å²) in [4.78, 5) is 51.1. The van der Waals surface area contributed by atoms with Crippen LogP contribution < -0.4 is 15.0 Å². The fraction of sp³-hybridized carbons (Fsp3) is 0.273. The quantitative estimate of drug-likeness (QED) is 0.560. The van der Waals surface area contributed by atoms with E-state index in [0.29, 0.717) is 10.6 Å². The number of nitrogens with one attached hydrogen (secondary N) is 1. The van der Waals surface area contributed by atoms with Gasteiger partial charge in [0.15, 0.2) is 0 Å². The molecule has 1 heterocycles. The zero-order valence-corrected chi connectivity index (χ0v) is 17.0. The Balaban J connectivity index is 1.67. The monoisotopic (exact) mass is 409 g/mol. The molecule has 30 heavy (non-hydrogen) atoms. The van der Waals surface area contributed by atoms with Crippen molar-refractivity contribution in [3.8, 4) is 5.75 Å². The molecule has 1 aliphatic rings. The third-order valence-corrected chi connectivity index (χ3v) is 4.95. The molecule has 0 spiro atoms. The maximum atomic E-state index is 12.6. The lowest BCUT2D eigenvalue weighted by Crippen LogP contribution is -2.42. The number of anilines is 1. The second kappa shape index (κ2) is 8.77. The molecule has 1 aliphatic heterocycles. The summed E-state index contributed by atoms with van der Waals surface area (Å²) in [6.07, 6.45) is 0.916. The van der Waals surface area contributed by atoms with E-state index in [1.54, 1.807) is 19.1 Å². The number of carbonyl (C=O) groups excluding carboxylic acids is 4. The number of imide groups is 2. The van der Waals surface area contributed by atoms with E-state index < -0.39 is 30.3 Å². The number of nitrogens with zero attached hydrogens (tertiary/aromatic N) is 2. The van der Waals surface area contributed by atoms with Crippen LogP contribution in [0.3, 0.4) is 0 Å². The van der Waals surface area contributed by atoms with Gasteiger partial charge in [0.1, 0.15) is 12.3 Å². The summed E-state index contributed by atoms with van der Waals surface area (Å²) in [5.74, 6) is -2.03. The van der Waals surface area contributed by atoms with Gasteiger partial charge in [0, 0.05) is 0 Å². The molecule has 0 aliphatic carbocycles. The lowest BCUT2D eigenvalue weighted by atomic mass is 10.1. The Morgan fingerprint density at radius 2 is 1.63 bits per heavy atom. The van der Waals surface area contributed by atoms with Gasteiger partial charge in [0.25, 0.3) is 0 Å². The Kier molecular flexibility index (Phi) is 6.15. The topological polar surface area (TPSA) is 96.0 Å². The lowest BCUT2D eigenvalue weighted by molar-refractivity contribution is -0.140. The minimum Gasteiger partial charge on any atom is -0.497 e. The molecule has 2 aromatic carbocycles. The molecular weight excluding hydrogens is 386 g/mol. The van der Waals surface area contributed by atoms with Crippen LogP contribution in [0.4, 0.5) is 10.5 Å². The molecule has 8 heteroatoms. The number of methoxy groups -OCH3 is 1. The maximum Gasteiger partial charge on any atom is 0.339 e. The highest BCUT2D eigenvalue weighted by Gasteiger charge is 2.46. The van der Waals surface area contributed by atoms with Gasteiger partial charge in [-0.1, -0.05) is 31.2 Å². The molecule has 1 fully saturated rings. The lowest BCUT2D eigenvalue weighted by Gasteiger charge is -2.18. The molecular formula is C22H23N3O5. The zero-order chi connectivity index (χ0) is 21.8. The number of rotatable bonds is 7. The third kappa shape index (κ3) is 4.17. The van der Waals surface area contributed by atoms with Gasteiger partial charge in [0.05, 0.1) is 18.8 Å². The van der Waals surface area contributed by atoms with Gasteiger partial charge in [-0.3, -0.25) is 14.4 Å². The molecule has 0 saturated carbocycles. The fourth-order valence-electron chi connectivity index (χ4n) is 3.16. The van der Waals surface area contributed by atoms with Crippen molar-refractivity contribution in [3.05, 3.63) is 59.7 Å². The van der Waals surface area contributed by atoms with Crippen molar-refractivity contribution < 1.29 is 23.9 Å². The first-order valence-corrected chi connectivity index (χ1v) is 9.57. The number of carbonyl (C=O) groups is 4. The molecule has 0 unspecified atom stereocenters. The van der Waals surface area contributed by atoms with Crippen LogP contribution >= 0.6 is 0 Å². The van der Waals surface area contributed by atoms with Crippen LogP contribution in [0.25, 0.3) is 0 Å². The number of hydrogen-bond donors (Lipinski definition) is 1. The van der Waals surface area contributed by atoms with Crippen LogP contribution in [0.1, 0.15) is 31.0 Å². The molecule has 1 N–H and O–H groups in total. The Hall–Kier alpha value is -3.68. The van der Waals surface area contributed by atoms with Gasteiger partial charge in [0.2, 0.25) is 5.91 Å².